The fraction of sp³-hybridized carbons (Fsp3) is 0.273. The van der Waals surface area contributed by atoms with Crippen molar-refractivity contribution in [2.45, 2.75) is 42.2 Å². The Morgan fingerprint density at radius 3 is 2.37 bits per heavy atom. The van der Waals surface area contributed by atoms with Crippen molar-refractivity contribution in [2.75, 3.05) is 6.61 Å². The monoisotopic (exact) mass is 426 g/mol. The molecule has 2 aromatic carbocycles. The van der Waals surface area contributed by atoms with Crippen LogP contribution >= 0.6 is 0 Å². The van der Waals surface area contributed by atoms with Crippen molar-refractivity contribution in [2.24, 2.45) is 0 Å². The van der Waals surface area contributed by atoms with Crippen molar-refractivity contribution in [3.63, 3.8) is 0 Å². The van der Waals surface area contributed by atoms with Crippen molar-refractivity contribution in [1.29, 1.82) is 0 Å². The number of hydrogen-bond acceptors (Lipinski definition) is 5. The van der Waals surface area contributed by atoms with Crippen LogP contribution in [0.4, 0.5) is 0 Å². The molecule has 0 bridgehead atoms. The summed E-state index contributed by atoms with van der Waals surface area (Å²) in [7, 11) is -4.12. The van der Waals surface area contributed by atoms with Crippen LogP contribution in [0.1, 0.15) is 18.4 Å². The van der Waals surface area contributed by atoms with E-state index in [2.05, 4.69) is 0 Å². The zero-order chi connectivity index (χ0) is 21.3. The highest BCUT2D eigenvalue weighted by atomic mass is 32.2. The van der Waals surface area contributed by atoms with Crippen LogP contribution in [0.15, 0.2) is 80.2 Å². The first-order chi connectivity index (χ1) is 14.4. The van der Waals surface area contributed by atoms with Gasteiger partial charge in [0.25, 0.3) is 5.56 Å². The number of aromatic nitrogens is 2. The van der Waals surface area contributed by atoms with Crippen molar-refractivity contribution >= 4 is 9.84 Å². The molecule has 4 rings (SSSR count). The number of rotatable bonds is 5. The van der Waals surface area contributed by atoms with Gasteiger partial charge in [0.15, 0.2) is 4.90 Å². The normalized spacial score (nSPS) is 16.6. The summed E-state index contributed by atoms with van der Waals surface area (Å²) in [6, 6.07) is 14.6. The van der Waals surface area contributed by atoms with Crippen LogP contribution < -0.4 is 11.2 Å². The number of nitrogens with zero attached hydrogens (tertiary/aromatic N) is 2. The second-order valence-corrected chi connectivity index (χ2v) is 9.27. The van der Waals surface area contributed by atoms with E-state index in [0.29, 0.717) is 12.3 Å². The van der Waals surface area contributed by atoms with Gasteiger partial charge in [0.1, 0.15) is 0 Å². The third-order valence-electron chi connectivity index (χ3n) is 5.18. The lowest BCUT2D eigenvalue weighted by molar-refractivity contribution is 0.0953. The van der Waals surface area contributed by atoms with Gasteiger partial charge >= 0.3 is 5.69 Å². The number of aryl methyl sites for hydroxylation is 1. The van der Waals surface area contributed by atoms with Gasteiger partial charge in [-0.05, 0) is 44.0 Å². The summed E-state index contributed by atoms with van der Waals surface area (Å²) >= 11 is 0. The Kier molecular flexibility index (Phi) is 5.44. The van der Waals surface area contributed by atoms with Gasteiger partial charge in [-0.1, -0.05) is 35.9 Å². The summed E-state index contributed by atoms with van der Waals surface area (Å²) in [5.41, 5.74) is -0.242. The highest BCUT2D eigenvalue weighted by Crippen LogP contribution is 2.19. The highest BCUT2D eigenvalue weighted by Gasteiger charge is 2.27. The molecule has 1 fully saturated rings. The van der Waals surface area contributed by atoms with Gasteiger partial charge < -0.3 is 4.74 Å². The minimum atomic E-state index is -4.12. The molecule has 1 aromatic heterocycles. The molecule has 0 aliphatic carbocycles. The Bertz CT molecular complexity index is 1270. The summed E-state index contributed by atoms with van der Waals surface area (Å²) in [5.74, 6) is 0. The first-order valence-corrected chi connectivity index (χ1v) is 11.2. The van der Waals surface area contributed by atoms with Crippen molar-refractivity contribution in [3.8, 4) is 5.69 Å². The molecule has 0 spiro atoms. The van der Waals surface area contributed by atoms with Crippen molar-refractivity contribution < 1.29 is 13.2 Å². The maximum atomic E-state index is 13.3. The number of benzene rings is 2. The molecule has 7 nitrogen and oxygen atoms in total. The molecule has 1 unspecified atom stereocenters. The van der Waals surface area contributed by atoms with Gasteiger partial charge in [-0.2, -0.15) is 0 Å². The van der Waals surface area contributed by atoms with Crippen LogP contribution in [0.5, 0.6) is 0 Å². The number of hydrogen-bond donors (Lipinski definition) is 0. The Balaban J connectivity index is 1.94. The Hall–Kier alpha value is -2.97. The summed E-state index contributed by atoms with van der Waals surface area (Å²) in [4.78, 5) is 25.9. The van der Waals surface area contributed by atoms with Crippen LogP contribution in [0.25, 0.3) is 5.69 Å². The topological polar surface area (TPSA) is 87.4 Å². The fourth-order valence-electron chi connectivity index (χ4n) is 3.55. The van der Waals surface area contributed by atoms with Crippen LogP contribution in [0.3, 0.4) is 0 Å². The van der Waals surface area contributed by atoms with E-state index >= 15 is 0 Å². The van der Waals surface area contributed by atoms with E-state index in [4.69, 9.17) is 4.74 Å². The molecule has 0 saturated carbocycles. The molecule has 0 N–H and O–H groups in total. The second kappa shape index (κ2) is 8.04. The minimum Gasteiger partial charge on any atom is -0.376 e. The summed E-state index contributed by atoms with van der Waals surface area (Å²) in [5, 5.41) is 0. The standard InChI is InChI=1S/C22H22N2O5S/c1-16-9-11-19(12-10-16)30(27,28)20-15-23(14-18-8-5-13-29-18)22(26)24(21(20)25)17-6-3-2-4-7-17/h2-4,6-7,9-12,15,18H,5,8,13-14H2,1H3. The molecule has 1 aliphatic heterocycles. The molecule has 3 aromatic rings. The lowest BCUT2D eigenvalue weighted by Crippen LogP contribution is -2.42. The SMILES string of the molecule is Cc1ccc(S(=O)(=O)c2cn(CC3CCCO3)c(=O)n(-c3ccccc3)c2=O)cc1. The zero-order valence-electron chi connectivity index (χ0n) is 16.5. The molecule has 30 heavy (non-hydrogen) atoms. The van der Waals surface area contributed by atoms with E-state index in [1.807, 2.05) is 6.92 Å². The summed E-state index contributed by atoms with van der Waals surface area (Å²) in [6.07, 6.45) is 2.61. The Labute approximate surface area is 174 Å². The maximum absolute atomic E-state index is 13.3. The summed E-state index contributed by atoms with van der Waals surface area (Å²) in [6.45, 7) is 2.63. The largest absolute Gasteiger partial charge is 0.376 e. The van der Waals surface area contributed by atoms with E-state index < -0.39 is 26.0 Å². The molecule has 1 aliphatic rings. The van der Waals surface area contributed by atoms with E-state index in [-0.39, 0.29) is 17.5 Å². The molecule has 8 heteroatoms. The zero-order valence-corrected chi connectivity index (χ0v) is 17.3. The average Bonchev–Trinajstić information content (AvgIpc) is 3.24. The molecule has 0 amide bonds. The molecular weight excluding hydrogens is 404 g/mol. The lowest BCUT2D eigenvalue weighted by atomic mass is 10.2. The van der Waals surface area contributed by atoms with E-state index in [1.54, 1.807) is 42.5 Å². The molecule has 2 heterocycles. The first-order valence-electron chi connectivity index (χ1n) is 9.73. The van der Waals surface area contributed by atoms with Crippen LogP contribution in [-0.4, -0.2) is 30.3 Å². The third-order valence-corrected chi connectivity index (χ3v) is 6.94. The van der Waals surface area contributed by atoms with Gasteiger partial charge in [-0.25, -0.2) is 17.8 Å². The van der Waals surface area contributed by atoms with Crippen molar-refractivity contribution in [3.05, 3.63) is 87.2 Å². The fourth-order valence-corrected chi connectivity index (χ4v) is 4.88. The van der Waals surface area contributed by atoms with Gasteiger partial charge in [0, 0.05) is 12.8 Å². The summed E-state index contributed by atoms with van der Waals surface area (Å²) < 4.78 is 34.4. The van der Waals surface area contributed by atoms with Gasteiger partial charge in [-0.15, -0.1) is 0 Å². The van der Waals surface area contributed by atoms with Crippen LogP contribution in [-0.2, 0) is 21.1 Å². The van der Waals surface area contributed by atoms with Crippen molar-refractivity contribution in [1.82, 2.24) is 9.13 Å². The first kappa shape index (κ1) is 20.3. The third kappa shape index (κ3) is 3.76. The molecule has 156 valence electrons. The number of ether oxygens (including phenoxy) is 1. The van der Waals surface area contributed by atoms with E-state index in [1.165, 1.54) is 16.7 Å². The smallest absolute Gasteiger partial charge is 0.335 e. The number of para-hydroxylation sites is 1. The molecule has 0 radical (unpaired) electrons. The predicted molar refractivity (Wildman–Crippen MR) is 112 cm³/mol. The van der Waals surface area contributed by atoms with Crippen LogP contribution in [0, 0.1) is 6.92 Å². The Morgan fingerprint density at radius 1 is 1.03 bits per heavy atom. The van der Waals surface area contributed by atoms with Gasteiger partial charge in [0.2, 0.25) is 9.84 Å². The maximum Gasteiger partial charge on any atom is 0.335 e. The van der Waals surface area contributed by atoms with Gasteiger partial charge in [0.05, 0.1) is 23.2 Å². The van der Waals surface area contributed by atoms with Gasteiger partial charge in [-0.3, -0.25) is 9.36 Å². The quantitative estimate of drug-likeness (QED) is 0.625. The second-order valence-electron chi connectivity index (χ2n) is 7.36. The van der Waals surface area contributed by atoms with E-state index in [0.717, 1.165) is 29.2 Å². The number of sulfone groups is 1. The lowest BCUT2D eigenvalue weighted by Gasteiger charge is -2.16. The van der Waals surface area contributed by atoms with E-state index in [9.17, 15) is 18.0 Å². The predicted octanol–water partition coefficient (Wildman–Crippen LogP) is 2.32. The minimum absolute atomic E-state index is 0.00660. The molecular formula is C22H22N2O5S. The van der Waals surface area contributed by atoms with Crippen LogP contribution in [0.2, 0.25) is 0 Å². The average molecular weight is 426 g/mol. The molecule has 1 saturated heterocycles. The Morgan fingerprint density at radius 2 is 1.73 bits per heavy atom. The molecule has 1 atom stereocenters. The highest BCUT2D eigenvalue weighted by molar-refractivity contribution is 7.91.